The molecule has 142 valence electrons. The number of nitrogens with zero attached hydrogens (tertiary/aromatic N) is 2. The van der Waals surface area contributed by atoms with Crippen molar-refractivity contribution in [2.24, 2.45) is 0 Å². The van der Waals surface area contributed by atoms with E-state index in [2.05, 4.69) is 16.4 Å². The fraction of sp³-hybridized carbons (Fsp3) is 0.0870. The van der Waals surface area contributed by atoms with E-state index in [4.69, 9.17) is 4.42 Å². The maximum Gasteiger partial charge on any atom is 0.336 e. The van der Waals surface area contributed by atoms with Gasteiger partial charge < -0.3 is 9.73 Å². The molecule has 0 amide bonds. The summed E-state index contributed by atoms with van der Waals surface area (Å²) in [6, 6.07) is 17.3. The lowest BCUT2D eigenvalue weighted by Crippen LogP contribution is -1.98. The Hall–Kier alpha value is -3.69. The first-order valence-electron chi connectivity index (χ1n) is 8.98. The van der Waals surface area contributed by atoms with Gasteiger partial charge in [-0.25, -0.2) is 9.78 Å². The fourth-order valence-corrected chi connectivity index (χ4v) is 3.76. The number of anilines is 1. The van der Waals surface area contributed by atoms with Gasteiger partial charge in [-0.05, 0) is 31.5 Å². The van der Waals surface area contributed by atoms with E-state index >= 15 is 0 Å². The van der Waals surface area contributed by atoms with Crippen LogP contribution < -0.4 is 10.9 Å². The highest BCUT2D eigenvalue weighted by Gasteiger charge is 2.09. The summed E-state index contributed by atoms with van der Waals surface area (Å²) < 4.78 is 5.27. The molecule has 0 aliphatic heterocycles. The minimum atomic E-state index is -0.383. The molecule has 0 unspecified atom stereocenters. The second-order valence-electron chi connectivity index (χ2n) is 6.68. The van der Waals surface area contributed by atoms with Crippen LogP contribution in [0.25, 0.3) is 27.8 Å². The molecule has 1 N–H and O–H groups in total. The molecule has 2 aromatic carbocycles. The van der Waals surface area contributed by atoms with E-state index < -0.39 is 0 Å². The molecule has 0 bridgehead atoms. The fourth-order valence-electron chi connectivity index (χ4n) is 2.97. The Morgan fingerprint density at radius 2 is 1.97 bits per heavy atom. The number of thiazole rings is 1. The molecule has 0 radical (unpaired) electrons. The van der Waals surface area contributed by atoms with Crippen molar-refractivity contribution in [2.75, 3.05) is 5.32 Å². The molecule has 0 atom stereocenters. The lowest BCUT2D eigenvalue weighted by atomic mass is 10.1. The number of aryl methyl sites for hydroxylation is 2. The van der Waals surface area contributed by atoms with Crippen LogP contribution in [0.5, 0.6) is 0 Å². The van der Waals surface area contributed by atoms with E-state index in [-0.39, 0.29) is 5.63 Å². The Morgan fingerprint density at radius 3 is 2.72 bits per heavy atom. The topological polar surface area (TPSA) is 78.9 Å². The van der Waals surface area contributed by atoms with Gasteiger partial charge in [0.15, 0.2) is 0 Å². The highest BCUT2D eigenvalue weighted by molar-refractivity contribution is 7.11. The van der Waals surface area contributed by atoms with Crippen LogP contribution in [-0.4, -0.2) is 4.98 Å². The van der Waals surface area contributed by atoms with E-state index in [0.717, 1.165) is 22.2 Å². The van der Waals surface area contributed by atoms with Crippen LogP contribution >= 0.6 is 11.3 Å². The summed E-state index contributed by atoms with van der Waals surface area (Å²) in [6.45, 7) is 3.91. The second-order valence-corrected chi connectivity index (χ2v) is 7.54. The van der Waals surface area contributed by atoms with Gasteiger partial charge in [0.1, 0.15) is 22.2 Å². The summed E-state index contributed by atoms with van der Waals surface area (Å²) in [5.74, 6) is 0. The van der Waals surface area contributed by atoms with E-state index in [0.29, 0.717) is 21.9 Å². The molecule has 4 aromatic rings. The molecule has 29 heavy (non-hydrogen) atoms. The molecule has 0 spiro atoms. The summed E-state index contributed by atoms with van der Waals surface area (Å²) in [5, 5.41) is 16.1. The number of nitrogens with one attached hydrogen (secondary N) is 1. The molecule has 0 fully saturated rings. The summed E-state index contributed by atoms with van der Waals surface area (Å²) in [6.07, 6.45) is 1.62. The van der Waals surface area contributed by atoms with Crippen molar-refractivity contribution in [3.05, 3.63) is 86.7 Å². The lowest BCUT2D eigenvalue weighted by molar-refractivity contribution is 0.560. The molecule has 0 saturated heterocycles. The average molecular weight is 399 g/mol. The molecule has 0 aliphatic carbocycles. The molecular formula is C23H17N3O2S. The minimum Gasteiger partial charge on any atom is -0.423 e. The number of nitriles is 1. The molecule has 2 heterocycles. The summed E-state index contributed by atoms with van der Waals surface area (Å²) >= 11 is 1.42. The van der Waals surface area contributed by atoms with Crippen molar-refractivity contribution in [3.63, 3.8) is 0 Å². The third-order valence-corrected chi connectivity index (χ3v) is 5.41. The zero-order valence-electron chi connectivity index (χ0n) is 15.9. The van der Waals surface area contributed by atoms with Gasteiger partial charge in [0.05, 0.1) is 5.69 Å². The number of hydrogen-bond acceptors (Lipinski definition) is 6. The highest BCUT2D eigenvalue weighted by Crippen LogP contribution is 2.27. The molecule has 5 nitrogen and oxygen atoms in total. The van der Waals surface area contributed by atoms with E-state index in [1.54, 1.807) is 12.3 Å². The maximum absolute atomic E-state index is 11.6. The van der Waals surface area contributed by atoms with Crippen LogP contribution in [0.15, 0.2) is 69.3 Å². The summed E-state index contributed by atoms with van der Waals surface area (Å²) in [5.41, 5.74) is 5.18. The molecule has 0 saturated carbocycles. The lowest BCUT2D eigenvalue weighted by Gasteiger charge is -2.05. The Kier molecular flexibility index (Phi) is 4.98. The molecule has 6 heteroatoms. The number of rotatable bonds is 4. The number of aromatic nitrogens is 1. The Labute approximate surface area is 171 Å². The third kappa shape index (κ3) is 3.96. The van der Waals surface area contributed by atoms with Gasteiger partial charge in [-0.3, -0.25) is 0 Å². The van der Waals surface area contributed by atoms with Gasteiger partial charge in [0.25, 0.3) is 0 Å². The van der Waals surface area contributed by atoms with Crippen molar-refractivity contribution in [3.8, 4) is 17.3 Å². The van der Waals surface area contributed by atoms with Gasteiger partial charge in [-0.1, -0.05) is 29.8 Å². The van der Waals surface area contributed by atoms with Crippen molar-refractivity contribution in [1.82, 2.24) is 4.98 Å². The zero-order valence-corrected chi connectivity index (χ0v) is 16.7. The van der Waals surface area contributed by atoms with E-state index in [1.807, 2.05) is 55.6 Å². The monoisotopic (exact) mass is 399 g/mol. The zero-order chi connectivity index (χ0) is 20.4. The number of hydrogen-bond donors (Lipinski definition) is 1. The van der Waals surface area contributed by atoms with Gasteiger partial charge in [-0.2, -0.15) is 5.26 Å². The second kappa shape index (κ2) is 7.74. The summed E-state index contributed by atoms with van der Waals surface area (Å²) in [7, 11) is 0. The average Bonchev–Trinajstić information content (AvgIpc) is 3.18. The van der Waals surface area contributed by atoms with Gasteiger partial charge in [0.2, 0.25) is 0 Å². The first kappa shape index (κ1) is 18.7. The van der Waals surface area contributed by atoms with Crippen molar-refractivity contribution < 1.29 is 4.42 Å². The highest BCUT2D eigenvalue weighted by atomic mass is 32.1. The van der Waals surface area contributed by atoms with Crippen LogP contribution in [0.4, 0.5) is 5.69 Å². The first-order chi connectivity index (χ1) is 14.0. The molecule has 4 rings (SSSR count). The van der Waals surface area contributed by atoms with Crippen LogP contribution in [0.2, 0.25) is 0 Å². The van der Waals surface area contributed by atoms with Gasteiger partial charge in [0, 0.05) is 40.3 Å². The minimum absolute atomic E-state index is 0.383. The van der Waals surface area contributed by atoms with Crippen LogP contribution in [0.1, 0.15) is 16.1 Å². The predicted octanol–water partition coefficient (Wildman–Crippen LogP) is 5.51. The van der Waals surface area contributed by atoms with Crippen molar-refractivity contribution in [2.45, 2.75) is 13.8 Å². The predicted molar refractivity (Wildman–Crippen MR) is 117 cm³/mol. The van der Waals surface area contributed by atoms with Crippen LogP contribution in [-0.2, 0) is 0 Å². The largest absolute Gasteiger partial charge is 0.423 e. The molecular weight excluding hydrogens is 382 g/mol. The maximum atomic E-state index is 11.6. The van der Waals surface area contributed by atoms with E-state index in [1.165, 1.54) is 23.0 Å². The first-order valence-corrected chi connectivity index (χ1v) is 9.86. The number of allylic oxidation sites excluding steroid dienone is 1. The van der Waals surface area contributed by atoms with E-state index in [9.17, 15) is 10.1 Å². The number of benzene rings is 2. The molecule has 0 aliphatic rings. The number of fused-ring (bicyclic) bond motifs is 1. The standard InChI is InChI=1S/C23H17N3O2S/c1-14-3-5-16(6-4-14)20-13-29-23(26-20)17(11-24)12-25-18-7-8-19-15(2)9-22(27)28-21(19)10-18/h3-10,12-13,25H,1-2H3/b17-12+. The van der Waals surface area contributed by atoms with Gasteiger partial charge in [-0.15, -0.1) is 11.3 Å². The summed E-state index contributed by atoms with van der Waals surface area (Å²) in [4.78, 5) is 16.2. The van der Waals surface area contributed by atoms with Gasteiger partial charge >= 0.3 is 5.63 Å². The Morgan fingerprint density at radius 1 is 1.17 bits per heavy atom. The SMILES string of the molecule is Cc1ccc(-c2csc(/C(C#N)=C/Nc3ccc4c(C)cc(=O)oc4c3)n2)cc1. The quantitative estimate of drug-likeness (QED) is 0.362. The molecule has 2 aromatic heterocycles. The van der Waals surface area contributed by atoms with Crippen molar-refractivity contribution >= 4 is 33.6 Å². The van der Waals surface area contributed by atoms with Crippen LogP contribution in [0.3, 0.4) is 0 Å². The Bertz CT molecular complexity index is 1320. The normalized spacial score (nSPS) is 11.4. The smallest absolute Gasteiger partial charge is 0.336 e. The third-order valence-electron chi connectivity index (χ3n) is 4.54. The Balaban J connectivity index is 1.60. The van der Waals surface area contributed by atoms with Crippen molar-refractivity contribution in [1.29, 1.82) is 5.26 Å². The van der Waals surface area contributed by atoms with Crippen LogP contribution in [0, 0.1) is 25.2 Å².